The first-order chi connectivity index (χ1) is 17.0. The Kier molecular flexibility index (Phi) is 22.8. The third-order valence-corrected chi connectivity index (χ3v) is 7.07. The highest BCUT2D eigenvalue weighted by atomic mass is 28.4. The van der Waals surface area contributed by atoms with E-state index in [2.05, 4.69) is 10.6 Å². The summed E-state index contributed by atoms with van der Waals surface area (Å²) >= 11 is 0. The van der Waals surface area contributed by atoms with E-state index in [1.807, 2.05) is 0 Å². The zero-order valence-electron chi connectivity index (χ0n) is 21.4. The van der Waals surface area contributed by atoms with E-state index in [1.165, 1.54) is 0 Å². The second kappa shape index (κ2) is 22.9. The second-order valence-corrected chi connectivity index (χ2v) is 13.1. The molecule has 0 aromatic carbocycles. The van der Waals surface area contributed by atoms with Crippen molar-refractivity contribution in [2.45, 2.75) is 69.2 Å². The number of hydrogen-bond donors (Lipinski definition) is 10. The van der Waals surface area contributed by atoms with E-state index in [-0.39, 0.29) is 38.5 Å². The molecular formula is C21H50N2O11Si2. The fourth-order valence-electron chi connectivity index (χ4n) is 3.10. The summed E-state index contributed by atoms with van der Waals surface area (Å²) in [7, 11) is -7.98. The number of aliphatic hydroxyl groups excluding tert-OH is 2. The highest BCUT2D eigenvalue weighted by Crippen LogP contribution is 2.02. The molecule has 0 rings (SSSR count). The van der Waals surface area contributed by atoms with E-state index in [9.17, 15) is 10.2 Å². The molecule has 0 aliphatic carbocycles. The molecule has 2 atom stereocenters. The maximum atomic E-state index is 9.80. The van der Waals surface area contributed by atoms with E-state index in [0.717, 1.165) is 45.2 Å². The Hall–Kier alpha value is -0.0862. The van der Waals surface area contributed by atoms with Crippen molar-refractivity contribution in [3.05, 3.63) is 0 Å². The molecule has 0 fully saturated rings. The number of hydrogen-bond acceptors (Lipinski definition) is 13. The van der Waals surface area contributed by atoms with Crippen LogP contribution in [0.4, 0.5) is 0 Å². The molecule has 15 heteroatoms. The lowest BCUT2D eigenvalue weighted by atomic mass is 10.2. The van der Waals surface area contributed by atoms with Crippen LogP contribution in [0, 0.1) is 0 Å². The van der Waals surface area contributed by atoms with Gasteiger partial charge in [0.15, 0.2) is 0 Å². The number of aliphatic hydroxyl groups is 2. The number of unbranched alkanes of at least 4 members (excludes halogenated alkanes) is 3. The van der Waals surface area contributed by atoms with Crippen LogP contribution in [0.1, 0.15) is 44.9 Å². The van der Waals surface area contributed by atoms with Crippen molar-refractivity contribution >= 4 is 17.6 Å². The van der Waals surface area contributed by atoms with Crippen molar-refractivity contribution in [2.75, 3.05) is 65.8 Å². The fourth-order valence-corrected chi connectivity index (χ4v) is 4.34. The van der Waals surface area contributed by atoms with E-state index in [1.54, 1.807) is 0 Å². The molecule has 2 unspecified atom stereocenters. The molecule has 0 aliphatic rings. The zero-order chi connectivity index (χ0) is 27.1. The predicted octanol–water partition coefficient (Wildman–Crippen LogP) is -2.50. The highest BCUT2D eigenvalue weighted by molar-refractivity contribution is 6.56. The quantitative estimate of drug-likeness (QED) is 0.0371. The van der Waals surface area contributed by atoms with Crippen molar-refractivity contribution in [2.24, 2.45) is 0 Å². The normalized spacial score (nSPS) is 14.3. The van der Waals surface area contributed by atoms with Gasteiger partial charge in [-0.1, -0.05) is 0 Å². The van der Waals surface area contributed by atoms with Crippen LogP contribution in [-0.2, 0) is 14.2 Å². The largest absolute Gasteiger partial charge is 0.492 e. The zero-order valence-corrected chi connectivity index (χ0v) is 23.4. The number of nitrogens with one attached hydrogen (secondary N) is 2. The van der Waals surface area contributed by atoms with Crippen molar-refractivity contribution in [1.29, 1.82) is 0 Å². The minimum atomic E-state index is -3.99. The fraction of sp³-hybridized carbons (Fsp3) is 1.00. The molecule has 0 amide bonds. The lowest BCUT2D eigenvalue weighted by Crippen LogP contribution is -2.34. The molecule has 0 radical (unpaired) electrons. The van der Waals surface area contributed by atoms with Crippen LogP contribution < -0.4 is 10.6 Å². The summed E-state index contributed by atoms with van der Waals surface area (Å²) in [5, 5.41) is 25.9. The smallest absolute Gasteiger partial charge is 0.390 e. The first kappa shape index (κ1) is 35.9. The van der Waals surface area contributed by atoms with Gasteiger partial charge in [0.25, 0.3) is 0 Å². The van der Waals surface area contributed by atoms with Crippen LogP contribution in [0.25, 0.3) is 0 Å². The number of rotatable bonds is 27. The van der Waals surface area contributed by atoms with Crippen molar-refractivity contribution in [1.82, 2.24) is 10.6 Å². The average molecular weight is 563 g/mol. The van der Waals surface area contributed by atoms with Crippen LogP contribution in [0.2, 0.25) is 12.1 Å². The molecule has 0 aromatic heterocycles. The Labute approximate surface area is 216 Å². The van der Waals surface area contributed by atoms with Gasteiger partial charge < -0.3 is 63.8 Å². The Morgan fingerprint density at radius 1 is 0.500 bits per heavy atom. The molecule has 0 saturated heterocycles. The first-order valence-electron chi connectivity index (χ1n) is 12.8. The third-order valence-electron chi connectivity index (χ3n) is 5.02. The van der Waals surface area contributed by atoms with Crippen LogP contribution in [0.5, 0.6) is 0 Å². The maximum absolute atomic E-state index is 9.80. The molecule has 10 N–H and O–H groups in total. The standard InChI is InChI=1S/C21H50N2O11Si2/c24-20(18-33-12-6-14-35(26,27)28)16-22-8-2-1-4-10-32-11-5-3-9-23-17-21(25)19-34-13-7-15-36(29,30)31/h20-31H,1-19H2. The van der Waals surface area contributed by atoms with Gasteiger partial charge >= 0.3 is 17.6 Å². The second-order valence-electron chi connectivity index (χ2n) is 9.00. The van der Waals surface area contributed by atoms with E-state index in [0.29, 0.717) is 39.1 Å². The van der Waals surface area contributed by atoms with E-state index < -0.39 is 29.8 Å². The summed E-state index contributed by atoms with van der Waals surface area (Å²) in [5.41, 5.74) is 0. The van der Waals surface area contributed by atoms with Gasteiger partial charge in [0.2, 0.25) is 0 Å². The van der Waals surface area contributed by atoms with Gasteiger partial charge in [0, 0.05) is 51.6 Å². The van der Waals surface area contributed by atoms with Crippen LogP contribution in [0.15, 0.2) is 0 Å². The van der Waals surface area contributed by atoms with Gasteiger partial charge in [-0.2, -0.15) is 0 Å². The van der Waals surface area contributed by atoms with Crippen molar-refractivity contribution in [3.63, 3.8) is 0 Å². The number of ether oxygens (including phenoxy) is 3. The summed E-state index contributed by atoms with van der Waals surface area (Å²) < 4.78 is 16.1. The summed E-state index contributed by atoms with van der Waals surface area (Å²) in [6.07, 6.45) is 4.26. The maximum Gasteiger partial charge on any atom is 0.492 e. The summed E-state index contributed by atoms with van der Waals surface area (Å²) in [6, 6.07) is -0.138. The molecule has 0 bridgehead atoms. The van der Waals surface area contributed by atoms with Crippen LogP contribution in [-0.4, -0.2) is 135 Å². The van der Waals surface area contributed by atoms with Crippen molar-refractivity contribution < 1.29 is 53.2 Å². The molecule has 0 spiro atoms. The van der Waals surface area contributed by atoms with Crippen LogP contribution >= 0.6 is 0 Å². The van der Waals surface area contributed by atoms with Gasteiger partial charge in [0.05, 0.1) is 25.4 Å². The summed E-state index contributed by atoms with van der Waals surface area (Å²) in [4.78, 5) is 53.3. The Balaban J connectivity index is 3.26. The molecule has 0 saturated carbocycles. The minimum Gasteiger partial charge on any atom is -0.390 e. The van der Waals surface area contributed by atoms with E-state index in [4.69, 9.17) is 43.0 Å². The first-order valence-corrected chi connectivity index (χ1v) is 16.9. The Bertz CT molecular complexity index is 444. The van der Waals surface area contributed by atoms with Gasteiger partial charge in [0.1, 0.15) is 0 Å². The Morgan fingerprint density at radius 3 is 1.33 bits per heavy atom. The Morgan fingerprint density at radius 2 is 0.889 bits per heavy atom. The molecule has 0 heterocycles. The molecule has 0 aromatic rings. The molecule has 0 aliphatic heterocycles. The third kappa shape index (κ3) is 30.1. The molecule has 13 nitrogen and oxygen atoms in total. The van der Waals surface area contributed by atoms with E-state index >= 15 is 0 Å². The molecular weight excluding hydrogens is 512 g/mol. The van der Waals surface area contributed by atoms with Gasteiger partial charge in [-0.3, -0.25) is 0 Å². The molecule has 36 heavy (non-hydrogen) atoms. The lowest BCUT2D eigenvalue weighted by molar-refractivity contribution is 0.0361. The average Bonchev–Trinajstić information content (AvgIpc) is 2.77. The van der Waals surface area contributed by atoms with Gasteiger partial charge in [-0.25, -0.2) is 0 Å². The predicted molar refractivity (Wildman–Crippen MR) is 137 cm³/mol. The SMILES string of the molecule is OC(CNCCCCCOCCCCNCC(O)COCCC[Si](O)(O)O)COCCC[Si](O)(O)O. The van der Waals surface area contributed by atoms with Gasteiger partial charge in [-0.05, 0) is 58.0 Å². The van der Waals surface area contributed by atoms with Crippen molar-refractivity contribution in [3.8, 4) is 0 Å². The monoisotopic (exact) mass is 562 g/mol. The minimum absolute atomic E-state index is 0.0682. The topological polar surface area (TPSA) is 214 Å². The highest BCUT2D eigenvalue weighted by Gasteiger charge is 2.26. The summed E-state index contributed by atoms with van der Waals surface area (Å²) in [5.74, 6) is 0. The van der Waals surface area contributed by atoms with Crippen LogP contribution in [0.3, 0.4) is 0 Å². The van der Waals surface area contributed by atoms with Gasteiger partial charge in [-0.15, -0.1) is 0 Å². The lowest BCUT2D eigenvalue weighted by Gasteiger charge is -2.13. The molecule has 218 valence electrons. The summed E-state index contributed by atoms with van der Waals surface area (Å²) in [6.45, 7) is 4.66.